The van der Waals surface area contributed by atoms with Crippen LogP contribution >= 0.6 is 0 Å². The van der Waals surface area contributed by atoms with Gasteiger partial charge in [-0.05, 0) is 30.7 Å². The van der Waals surface area contributed by atoms with Crippen molar-refractivity contribution in [1.29, 1.82) is 0 Å². The highest BCUT2D eigenvalue weighted by atomic mass is 16.7. The quantitative estimate of drug-likeness (QED) is 0.820. The summed E-state index contributed by atoms with van der Waals surface area (Å²) in [5, 5.41) is 4.07. The Balaban J connectivity index is 1.38. The van der Waals surface area contributed by atoms with Crippen molar-refractivity contribution in [3.05, 3.63) is 42.2 Å². The molecular formula is C18H20N4O4. The van der Waals surface area contributed by atoms with E-state index >= 15 is 0 Å². The van der Waals surface area contributed by atoms with Gasteiger partial charge in [0.05, 0.1) is 0 Å². The summed E-state index contributed by atoms with van der Waals surface area (Å²) in [5.41, 5.74) is 0.575. The van der Waals surface area contributed by atoms with E-state index in [9.17, 15) is 9.59 Å². The van der Waals surface area contributed by atoms with Gasteiger partial charge in [0.15, 0.2) is 11.5 Å². The van der Waals surface area contributed by atoms with Gasteiger partial charge in [0.2, 0.25) is 12.7 Å². The molecule has 0 aliphatic carbocycles. The molecule has 2 aromatic rings. The Morgan fingerprint density at radius 3 is 2.69 bits per heavy atom. The largest absolute Gasteiger partial charge is 0.454 e. The Hall–Kier alpha value is -3.03. The molecule has 136 valence electrons. The van der Waals surface area contributed by atoms with Gasteiger partial charge in [0.25, 0.3) is 5.91 Å². The maximum Gasteiger partial charge on any atom is 0.254 e. The second-order valence-electron chi connectivity index (χ2n) is 6.30. The average molecular weight is 356 g/mol. The van der Waals surface area contributed by atoms with Crippen LogP contribution in [0, 0.1) is 0 Å². The van der Waals surface area contributed by atoms with E-state index in [1.54, 1.807) is 51.1 Å². The number of rotatable bonds is 3. The molecule has 0 saturated carbocycles. The first-order valence-electron chi connectivity index (χ1n) is 8.65. The summed E-state index contributed by atoms with van der Waals surface area (Å²) in [5.74, 6) is 1.23. The van der Waals surface area contributed by atoms with Crippen molar-refractivity contribution >= 4 is 11.8 Å². The number of nitrogens with zero attached hydrogens (tertiary/aromatic N) is 4. The molecule has 2 aliphatic rings. The van der Waals surface area contributed by atoms with E-state index in [1.807, 2.05) is 0 Å². The SMILES string of the molecule is O=C(Cn1cccn1)N1CCCN(C(=O)c2ccc3c(c2)OCO3)CC1. The van der Waals surface area contributed by atoms with Crippen molar-refractivity contribution in [1.82, 2.24) is 19.6 Å². The molecule has 1 aromatic heterocycles. The van der Waals surface area contributed by atoms with Crippen molar-refractivity contribution in [2.45, 2.75) is 13.0 Å². The second kappa shape index (κ2) is 7.07. The number of fused-ring (bicyclic) bond motifs is 1. The fourth-order valence-electron chi connectivity index (χ4n) is 3.21. The molecule has 8 heteroatoms. The summed E-state index contributed by atoms with van der Waals surface area (Å²) < 4.78 is 12.2. The lowest BCUT2D eigenvalue weighted by Crippen LogP contribution is -2.38. The predicted molar refractivity (Wildman–Crippen MR) is 91.9 cm³/mol. The first-order chi connectivity index (χ1) is 12.7. The predicted octanol–water partition coefficient (Wildman–Crippen LogP) is 0.986. The highest BCUT2D eigenvalue weighted by molar-refractivity contribution is 5.95. The Morgan fingerprint density at radius 2 is 1.85 bits per heavy atom. The van der Waals surface area contributed by atoms with E-state index in [1.165, 1.54) is 0 Å². The molecule has 8 nitrogen and oxygen atoms in total. The van der Waals surface area contributed by atoms with Gasteiger partial charge in [-0.15, -0.1) is 0 Å². The molecule has 1 fully saturated rings. The molecule has 0 spiro atoms. The van der Waals surface area contributed by atoms with Crippen LogP contribution in [-0.2, 0) is 11.3 Å². The fourth-order valence-corrected chi connectivity index (χ4v) is 3.21. The second-order valence-corrected chi connectivity index (χ2v) is 6.30. The van der Waals surface area contributed by atoms with Gasteiger partial charge in [0, 0.05) is 44.1 Å². The van der Waals surface area contributed by atoms with Gasteiger partial charge in [-0.25, -0.2) is 0 Å². The monoisotopic (exact) mass is 356 g/mol. The third-order valence-corrected chi connectivity index (χ3v) is 4.61. The summed E-state index contributed by atoms with van der Waals surface area (Å²) in [6.45, 7) is 2.71. The molecule has 0 unspecified atom stereocenters. The number of hydrogen-bond acceptors (Lipinski definition) is 5. The van der Waals surface area contributed by atoms with Crippen LogP contribution in [0.15, 0.2) is 36.7 Å². The highest BCUT2D eigenvalue weighted by Crippen LogP contribution is 2.32. The number of ether oxygens (including phenoxy) is 2. The van der Waals surface area contributed by atoms with E-state index < -0.39 is 0 Å². The third-order valence-electron chi connectivity index (χ3n) is 4.61. The molecule has 0 bridgehead atoms. The molecule has 1 aromatic carbocycles. The summed E-state index contributed by atoms with van der Waals surface area (Å²) in [4.78, 5) is 28.8. The zero-order valence-corrected chi connectivity index (χ0v) is 14.3. The van der Waals surface area contributed by atoms with Crippen LogP contribution in [-0.4, -0.2) is 64.4 Å². The third kappa shape index (κ3) is 3.35. The fraction of sp³-hybridized carbons (Fsp3) is 0.389. The highest BCUT2D eigenvalue weighted by Gasteiger charge is 2.24. The van der Waals surface area contributed by atoms with Gasteiger partial charge < -0.3 is 19.3 Å². The Morgan fingerprint density at radius 1 is 1.04 bits per heavy atom. The topological polar surface area (TPSA) is 76.9 Å². The maximum atomic E-state index is 12.8. The van der Waals surface area contributed by atoms with Crippen LogP contribution in [0.2, 0.25) is 0 Å². The molecule has 0 N–H and O–H groups in total. The maximum absolute atomic E-state index is 12.8. The summed E-state index contributed by atoms with van der Waals surface area (Å²) in [6.07, 6.45) is 4.17. The van der Waals surface area contributed by atoms with Gasteiger partial charge in [-0.1, -0.05) is 0 Å². The Bertz CT molecular complexity index is 806. The van der Waals surface area contributed by atoms with Crippen LogP contribution < -0.4 is 9.47 Å². The minimum atomic E-state index is -0.0512. The van der Waals surface area contributed by atoms with E-state index in [2.05, 4.69) is 5.10 Å². The van der Waals surface area contributed by atoms with Crippen LogP contribution in [0.4, 0.5) is 0 Å². The lowest BCUT2D eigenvalue weighted by Gasteiger charge is -2.22. The van der Waals surface area contributed by atoms with Crippen molar-refractivity contribution in [2.24, 2.45) is 0 Å². The van der Waals surface area contributed by atoms with Gasteiger partial charge in [0.1, 0.15) is 6.54 Å². The van der Waals surface area contributed by atoms with Crippen molar-refractivity contribution in [2.75, 3.05) is 33.0 Å². The van der Waals surface area contributed by atoms with Gasteiger partial charge in [-0.2, -0.15) is 5.10 Å². The number of amides is 2. The normalized spacial score (nSPS) is 16.5. The Kier molecular flexibility index (Phi) is 4.47. The average Bonchev–Trinajstić information content (AvgIpc) is 3.27. The molecule has 2 amide bonds. The number of aromatic nitrogens is 2. The summed E-state index contributed by atoms with van der Waals surface area (Å²) >= 11 is 0. The van der Waals surface area contributed by atoms with E-state index in [4.69, 9.17) is 9.47 Å². The van der Waals surface area contributed by atoms with E-state index in [0.717, 1.165) is 6.42 Å². The standard InChI is InChI=1S/C18H20N4O4/c23-17(12-22-8-1-5-19-22)20-6-2-7-21(10-9-20)18(24)14-3-4-15-16(11-14)26-13-25-15/h1,3-5,8,11H,2,6-7,9-10,12-13H2. The van der Waals surface area contributed by atoms with Gasteiger partial charge in [-0.3, -0.25) is 14.3 Å². The van der Waals surface area contributed by atoms with Crippen molar-refractivity contribution < 1.29 is 19.1 Å². The smallest absolute Gasteiger partial charge is 0.254 e. The molecule has 2 aliphatic heterocycles. The molecule has 1 saturated heterocycles. The number of benzene rings is 1. The minimum absolute atomic E-state index is 0.0195. The van der Waals surface area contributed by atoms with Crippen LogP contribution in [0.25, 0.3) is 0 Å². The van der Waals surface area contributed by atoms with Crippen LogP contribution in [0.1, 0.15) is 16.8 Å². The van der Waals surface area contributed by atoms with E-state index in [-0.39, 0.29) is 25.2 Å². The molecule has 4 rings (SSSR count). The van der Waals surface area contributed by atoms with Crippen LogP contribution in [0.5, 0.6) is 11.5 Å². The molecule has 0 atom stereocenters. The lowest BCUT2D eigenvalue weighted by atomic mass is 10.1. The molecule has 3 heterocycles. The zero-order chi connectivity index (χ0) is 17.9. The number of hydrogen-bond donors (Lipinski definition) is 0. The lowest BCUT2D eigenvalue weighted by molar-refractivity contribution is -0.131. The molecule has 0 radical (unpaired) electrons. The first-order valence-corrected chi connectivity index (χ1v) is 8.65. The van der Waals surface area contributed by atoms with Crippen LogP contribution in [0.3, 0.4) is 0 Å². The van der Waals surface area contributed by atoms with E-state index in [0.29, 0.717) is 43.2 Å². The first kappa shape index (κ1) is 16.4. The minimum Gasteiger partial charge on any atom is -0.454 e. The number of carbonyl (C=O) groups excluding carboxylic acids is 2. The summed E-state index contributed by atoms with van der Waals surface area (Å²) in [7, 11) is 0. The van der Waals surface area contributed by atoms with Gasteiger partial charge >= 0.3 is 0 Å². The zero-order valence-electron chi connectivity index (χ0n) is 14.3. The Labute approximate surface area is 150 Å². The molecular weight excluding hydrogens is 336 g/mol. The number of carbonyl (C=O) groups is 2. The van der Waals surface area contributed by atoms with Crippen molar-refractivity contribution in [3.8, 4) is 11.5 Å². The molecule has 26 heavy (non-hydrogen) atoms. The van der Waals surface area contributed by atoms with Crippen molar-refractivity contribution in [3.63, 3.8) is 0 Å². The summed E-state index contributed by atoms with van der Waals surface area (Å²) in [6, 6.07) is 7.02.